The maximum atomic E-state index is 4.61. The van der Waals surface area contributed by atoms with Crippen LogP contribution in [0.2, 0.25) is 0 Å². The van der Waals surface area contributed by atoms with Crippen LogP contribution >= 0.6 is 31.9 Å². The molecule has 0 bridgehead atoms. The number of halogens is 2. The van der Waals surface area contributed by atoms with Gasteiger partial charge in [0.2, 0.25) is 0 Å². The van der Waals surface area contributed by atoms with E-state index in [4.69, 9.17) is 0 Å². The fraction of sp³-hybridized carbons (Fsp3) is 0.467. The molecule has 0 saturated heterocycles. The van der Waals surface area contributed by atoms with Crippen LogP contribution < -0.4 is 5.32 Å². The highest BCUT2D eigenvalue weighted by atomic mass is 79.9. The van der Waals surface area contributed by atoms with E-state index in [2.05, 4.69) is 71.9 Å². The molecule has 0 radical (unpaired) electrons. The second kappa shape index (κ2) is 7.51. The van der Waals surface area contributed by atoms with Crippen LogP contribution in [0, 0.1) is 0 Å². The van der Waals surface area contributed by atoms with Crippen molar-refractivity contribution in [3.8, 4) is 0 Å². The first-order chi connectivity index (χ1) is 10.1. The Kier molecular flexibility index (Phi) is 5.96. The van der Waals surface area contributed by atoms with E-state index in [0.717, 1.165) is 39.7 Å². The van der Waals surface area contributed by atoms with Crippen LogP contribution in [-0.4, -0.2) is 21.8 Å². The Balaban J connectivity index is 2.28. The predicted octanol–water partition coefficient (Wildman–Crippen LogP) is 3.89. The molecule has 0 fully saturated rings. The van der Waals surface area contributed by atoms with Crippen LogP contribution in [0.1, 0.15) is 37.0 Å². The van der Waals surface area contributed by atoms with Crippen LogP contribution in [0.25, 0.3) is 0 Å². The van der Waals surface area contributed by atoms with Gasteiger partial charge in [-0.15, -0.1) is 0 Å². The van der Waals surface area contributed by atoms with E-state index >= 15 is 0 Å². The molecule has 21 heavy (non-hydrogen) atoms. The zero-order valence-electron chi connectivity index (χ0n) is 12.5. The summed E-state index contributed by atoms with van der Waals surface area (Å²) in [5, 5.41) is 7.97. The molecule has 0 aliphatic heterocycles. The molecule has 0 aromatic carbocycles. The summed E-state index contributed by atoms with van der Waals surface area (Å²) in [6.07, 6.45) is 3.66. The number of pyridine rings is 1. The van der Waals surface area contributed by atoms with Gasteiger partial charge in [-0.25, -0.2) is 0 Å². The van der Waals surface area contributed by atoms with Gasteiger partial charge in [-0.1, -0.05) is 6.92 Å². The van der Waals surface area contributed by atoms with Crippen molar-refractivity contribution < 1.29 is 0 Å². The first kappa shape index (κ1) is 16.6. The predicted molar refractivity (Wildman–Crippen MR) is 92.4 cm³/mol. The number of hydrogen-bond donors (Lipinski definition) is 1. The Morgan fingerprint density at radius 1 is 1.29 bits per heavy atom. The SMILES string of the molecule is CCc1cc(CC(NC)c2ncc(Br)cc2Br)n(CC)n1. The first-order valence-corrected chi connectivity index (χ1v) is 8.71. The van der Waals surface area contributed by atoms with Crippen LogP contribution in [0.5, 0.6) is 0 Å². The standard InChI is InChI=1S/C15H20Br2N4/c1-4-11-7-12(21(5-2)20-11)8-14(18-3)15-13(17)6-10(16)9-19-15/h6-7,9,14,18H,4-5,8H2,1-3H3. The largest absolute Gasteiger partial charge is 0.311 e. The molecule has 0 spiro atoms. The van der Waals surface area contributed by atoms with Gasteiger partial charge in [0, 0.05) is 33.8 Å². The molecule has 0 saturated carbocycles. The summed E-state index contributed by atoms with van der Waals surface area (Å²) in [7, 11) is 1.97. The van der Waals surface area contributed by atoms with E-state index in [1.54, 1.807) is 0 Å². The minimum atomic E-state index is 0.152. The number of likely N-dealkylation sites (N-methyl/N-ethyl adjacent to an activating group) is 1. The minimum absolute atomic E-state index is 0.152. The van der Waals surface area contributed by atoms with Crippen molar-refractivity contribution in [3.63, 3.8) is 0 Å². The van der Waals surface area contributed by atoms with Crippen molar-refractivity contribution in [2.45, 2.75) is 39.3 Å². The summed E-state index contributed by atoms with van der Waals surface area (Å²) >= 11 is 7.04. The third-order valence-corrected chi connectivity index (χ3v) is 4.57. The second-order valence-electron chi connectivity index (χ2n) is 4.86. The molecular formula is C15H20Br2N4. The van der Waals surface area contributed by atoms with Gasteiger partial charge in [-0.3, -0.25) is 9.67 Å². The highest BCUT2D eigenvalue weighted by Crippen LogP contribution is 2.27. The Morgan fingerprint density at radius 3 is 2.62 bits per heavy atom. The van der Waals surface area contributed by atoms with Crippen molar-refractivity contribution in [3.05, 3.63) is 44.4 Å². The molecular weight excluding hydrogens is 396 g/mol. The quantitative estimate of drug-likeness (QED) is 0.778. The molecule has 2 aromatic heterocycles. The maximum absolute atomic E-state index is 4.61. The van der Waals surface area contributed by atoms with Gasteiger partial charge in [0.15, 0.2) is 0 Å². The highest BCUT2D eigenvalue weighted by Gasteiger charge is 2.18. The van der Waals surface area contributed by atoms with Crippen LogP contribution in [-0.2, 0) is 19.4 Å². The van der Waals surface area contributed by atoms with Crippen molar-refractivity contribution >= 4 is 31.9 Å². The van der Waals surface area contributed by atoms with E-state index in [0.29, 0.717) is 0 Å². The summed E-state index contributed by atoms with van der Waals surface area (Å²) in [5.74, 6) is 0. The Labute approximate surface area is 142 Å². The Bertz CT molecular complexity index is 610. The normalized spacial score (nSPS) is 12.6. The molecule has 1 N–H and O–H groups in total. The van der Waals surface area contributed by atoms with Gasteiger partial charge in [0.25, 0.3) is 0 Å². The van der Waals surface area contributed by atoms with Gasteiger partial charge in [-0.05, 0) is 64.4 Å². The second-order valence-corrected chi connectivity index (χ2v) is 6.63. The lowest BCUT2D eigenvalue weighted by atomic mass is 10.1. The fourth-order valence-electron chi connectivity index (χ4n) is 2.35. The molecule has 114 valence electrons. The molecule has 0 amide bonds. The van der Waals surface area contributed by atoms with Crippen molar-refractivity contribution in [1.82, 2.24) is 20.1 Å². The summed E-state index contributed by atoms with van der Waals surface area (Å²) in [5.41, 5.74) is 3.40. The molecule has 1 atom stereocenters. The van der Waals surface area contributed by atoms with Crippen molar-refractivity contribution in [1.29, 1.82) is 0 Å². The third kappa shape index (κ3) is 3.93. The monoisotopic (exact) mass is 414 g/mol. The zero-order valence-corrected chi connectivity index (χ0v) is 15.7. The summed E-state index contributed by atoms with van der Waals surface area (Å²) in [6, 6.07) is 4.38. The average Bonchev–Trinajstić information content (AvgIpc) is 2.87. The van der Waals surface area contributed by atoms with E-state index in [-0.39, 0.29) is 6.04 Å². The lowest BCUT2D eigenvalue weighted by Gasteiger charge is -2.17. The van der Waals surface area contributed by atoms with Crippen molar-refractivity contribution in [2.24, 2.45) is 0 Å². The number of aromatic nitrogens is 3. The van der Waals surface area contributed by atoms with E-state index < -0.39 is 0 Å². The third-order valence-electron chi connectivity index (χ3n) is 3.50. The van der Waals surface area contributed by atoms with Crippen LogP contribution in [0.3, 0.4) is 0 Å². The van der Waals surface area contributed by atoms with Gasteiger partial charge < -0.3 is 5.32 Å². The number of nitrogens with zero attached hydrogens (tertiary/aromatic N) is 3. The average molecular weight is 416 g/mol. The van der Waals surface area contributed by atoms with Crippen LogP contribution in [0.15, 0.2) is 27.3 Å². The summed E-state index contributed by atoms with van der Waals surface area (Å²) in [4.78, 5) is 4.54. The molecule has 2 aromatic rings. The van der Waals surface area contributed by atoms with Gasteiger partial charge in [0.05, 0.1) is 17.4 Å². The Hall–Kier alpha value is -0.720. The molecule has 6 heteroatoms. The number of rotatable bonds is 6. The lowest BCUT2D eigenvalue weighted by Crippen LogP contribution is -2.22. The minimum Gasteiger partial charge on any atom is -0.311 e. The molecule has 2 heterocycles. The van der Waals surface area contributed by atoms with Gasteiger partial charge in [-0.2, -0.15) is 5.10 Å². The summed E-state index contributed by atoms with van der Waals surface area (Å²) < 4.78 is 4.06. The molecule has 2 rings (SSSR count). The number of nitrogens with one attached hydrogen (secondary N) is 1. The zero-order chi connectivity index (χ0) is 15.4. The van der Waals surface area contributed by atoms with Crippen molar-refractivity contribution in [2.75, 3.05) is 7.05 Å². The molecule has 4 nitrogen and oxygen atoms in total. The number of aryl methyl sites for hydroxylation is 2. The van der Waals surface area contributed by atoms with Gasteiger partial charge in [0.1, 0.15) is 0 Å². The van der Waals surface area contributed by atoms with E-state index in [9.17, 15) is 0 Å². The maximum Gasteiger partial charge on any atom is 0.0719 e. The topological polar surface area (TPSA) is 42.7 Å². The van der Waals surface area contributed by atoms with Crippen LogP contribution in [0.4, 0.5) is 0 Å². The molecule has 0 aliphatic carbocycles. The molecule has 1 unspecified atom stereocenters. The lowest BCUT2D eigenvalue weighted by molar-refractivity contribution is 0.529. The summed E-state index contributed by atoms with van der Waals surface area (Å²) in [6.45, 7) is 5.15. The van der Waals surface area contributed by atoms with E-state index in [1.165, 1.54) is 5.69 Å². The Morgan fingerprint density at radius 2 is 2.05 bits per heavy atom. The van der Waals surface area contributed by atoms with Gasteiger partial charge >= 0.3 is 0 Å². The fourth-order valence-corrected chi connectivity index (χ4v) is 3.62. The first-order valence-electron chi connectivity index (χ1n) is 7.12. The highest BCUT2D eigenvalue weighted by molar-refractivity contribution is 9.11. The van der Waals surface area contributed by atoms with E-state index in [1.807, 2.05) is 19.3 Å². The smallest absolute Gasteiger partial charge is 0.0719 e. The molecule has 0 aliphatic rings. The number of hydrogen-bond acceptors (Lipinski definition) is 3.